The molecule has 4 rings (SSSR count). The van der Waals surface area contributed by atoms with Gasteiger partial charge in [0.15, 0.2) is 18.2 Å². The second kappa shape index (κ2) is 10.2. The van der Waals surface area contributed by atoms with Gasteiger partial charge in [0, 0.05) is 29.5 Å². The van der Waals surface area contributed by atoms with Crippen molar-refractivity contribution in [3.05, 3.63) is 59.5 Å². The van der Waals surface area contributed by atoms with Crippen molar-refractivity contribution in [2.45, 2.75) is 32.6 Å². The molecule has 1 atom stereocenters. The Bertz CT molecular complexity index is 1040. The van der Waals surface area contributed by atoms with Crippen LogP contribution in [0.2, 0.25) is 0 Å². The molecule has 0 bridgehead atoms. The molecule has 0 radical (unpaired) electrons. The van der Waals surface area contributed by atoms with Crippen molar-refractivity contribution in [1.82, 2.24) is 10.1 Å². The number of piperidine rings is 1. The fourth-order valence-corrected chi connectivity index (χ4v) is 4.25. The van der Waals surface area contributed by atoms with Crippen molar-refractivity contribution in [3.63, 3.8) is 0 Å². The molecule has 6 nitrogen and oxygen atoms in total. The van der Waals surface area contributed by atoms with Crippen LogP contribution in [0, 0.1) is 11.7 Å². The first-order chi connectivity index (χ1) is 15.5. The molecule has 1 aliphatic heterocycles. The van der Waals surface area contributed by atoms with Crippen LogP contribution < -0.4 is 4.74 Å². The maximum atomic E-state index is 13.4. The van der Waals surface area contributed by atoms with Gasteiger partial charge in [0.05, 0.1) is 12.3 Å². The minimum Gasteiger partial charge on any atom is -0.468 e. The van der Waals surface area contributed by atoms with E-state index < -0.39 is 0 Å². The third-order valence-corrected chi connectivity index (χ3v) is 5.98. The summed E-state index contributed by atoms with van der Waals surface area (Å²) in [7, 11) is 0. The average molecular weight is 441 g/mol. The maximum absolute atomic E-state index is 13.4. The smallest absolute Gasteiger partial charge is 0.189 e. The lowest BCUT2D eigenvalue weighted by molar-refractivity contribution is -0.00593. The van der Waals surface area contributed by atoms with Gasteiger partial charge in [-0.25, -0.2) is 4.39 Å². The molecular weight excluding hydrogens is 411 g/mol. The molecule has 1 fully saturated rings. The molecule has 170 valence electrons. The van der Waals surface area contributed by atoms with E-state index in [4.69, 9.17) is 14.0 Å². The third kappa shape index (κ3) is 5.53. The van der Waals surface area contributed by atoms with Gasteiger partial charge in [0.25, 0.3) is 0 Å². The number of carbonyl (C=O) groups is 1. The fraction of sp³-hybridized carbons (Fsp3) is 0.440. The summed E-state index contributed by atoms with van der Waals surface area (Å²) in [4.78, 5) is 13.8. The molecular formula is C25H29FN2O4. The molecule has 0 amide bonds. The Labute approximate surface area is 187 Å². The number of likely N-dealkylation sites (tertiary alicyclic amines) is 1. The number of hydrogen-bond acceptors (Lipinski definition) is 6. The SMILES string of the molecule is CC(=O)c1ccc(OCOC[C@@H](C)CN2CCC(c3noc4cc(F)ccc34)CC2)cc1. The fourth-order valence-electron chi connectivity index (χ4n) is 4.25. The zero-order valence-electron chi connectivity index (χ0n) is 18.6. The Hall–Kier alpha value is -2.77. The van der Waals surface area contributed by atoms with Gasteiger partial charge in [-0.3, -0.25) is 4.79 Å². The van der Waals surface area contributed by atoms with Gasteiger partial charge in [-0.2, -0.15) is 0 Å². The van der Waals surface area contributed by atoms with Gasteiger partial charge in [-0.05, 0) is 75.2 Å². The molecule has 0 spiro atoms. The molecule has 1 aromatic heterocycles. The number of rotatable bonds is 9. The predicted octanol–water partition coefficient (Wildman–Crippen LogP) is 5.04. The van der Waals surface area contributed by atoms with Crippen LogP contribution in [0.3, 0.4) is 0 Å². The van der Waals surface area contributed by atoms with Crippen LogP contribution in [0.1, 0.15) is 48.7 Å². The molecule has 7 heteroatoms. The van der Waals surface area contributed by atoms with Crippen molar-refractivity contribution in [2.75, 3.05) is 33.0 Å². The normalized spacial score (nSPS) is 16.3. The monoisotopic (exact) mass is 440 g/mol. The van der Waals surface area contributed by atoms with Crippen molar-refractivity contribution in [3.8, 4) is 5.75 Å². The zero-order chi connectivity index (χ0) is 22.5. The number of ether oxygens (including phenoxy) is 2. The number of Topliss-reactive ketones (excluding diaryl/α,β-unsaturated/α-hetero) is 1. The van der Waals surface area contributed by atoms with Crippen LogP contribution in [0.25, 0.3) is 11.0 Å². The predicted molar refractivity (Wildman–Crippen MR) is 119 cm³/mol. The largest absolute Gasteiger partial charge is 0.468 e. The van der Waals surface area contributed by atoms with Crippen molar-refractivity contribution in [1.29, 1.82) is 0 Å². The Morgan fingerprint density at radius 3 is 2.69 bits per heavy atom. The number of benzene rings is 2. The third-order valence-electron chi connectivity index (χ3n) is 5.98. The topological polar surface area (TPSA) is 64.8 Å². The highest BCUT2D eigenvalue weighted by Gasteiger charge is 2.25. The minimum atomic E-state index is -0.303. The van der Waals surface area contributed by atoms with Crippen LogP contribution >= 0.6 is 0 Å². The summed E-state index contributed by atoms with van der Waals surface area (Å²) >= 11 is 0. The maximum Gasteiger partial charge on any atom is 0.189 e. The van der Waals surface area contributed by atoms with E-state index in [1.165, 1.54) is 12.1 Å². The van der Waals surface area contributed by atoms with E-state index in [-0.39, 0.29) is 18.4 Å². The number of hydrogen-bond donors (Lipinski definition) is 0. The first-order valence-corrected chi connectivity index (χ1v) is 11.1. The van der Waals surface area contributed by atoms with E-state index >= 15 is 0 Å². The van der Waals surface area contributed by atoms with Crippen LogP contribution in [0.5, 0.6) is 5.75 Å². The Morgan fingerprint density at radius 1 is 1.22 bits per heavy atom. The lowest BCUT2D eigenvalue weighted by Crippen LogP contribution is -2.37. The molecule has 3 aromatic rings. The summed E-state index contributed by atoms with van der Waals surface area (Å²) in [6, 6.07) is 11.7. The molecule has 2 heterocycles. The van der Waals surface area contributed by atoms with E-state index in [0.29, 0.717) is 35.3 Å². The number of carbonyl (C=O) groups excluding carboxylic acids is 1. The minimum absolute atomic E-state index is 0.0374. The Kier molecular flexibility index (Phi) is 7.17. The molecule has 1 saturated heterocycles. The number of halogens is 1. The van der Waals surface area contributed by atoms with Crippen molar-refractivity contribution in [2.24, 2.45) is 5.92 Å². The number of aromatic nitrogens is 1. The summed E-state index contributed by atoms with van der Waals surface area (Å²) < 4.78 is 30.0. The standard InChI is InChI=1S/C25H29FN2O4/c1-17(15-30-16-31-22-6-3-19(4-7-22)18(2)29)14-28-11-9-20(10-12-28)25-23-8-5-21(26)13-24(23)32-27-25/h3-8,13,17,20H,9-12,14-16H2,1-2H3/t17-/m0/s1. The summed E-state index contributed by atoms with van der Waals surface area (Å²) in [6.45, 7) is 7.46. The molecule has 0 aliphatic carbocycles. The summed E-state index contributed by atoms with van der Waals surface area (Å²) in [5.74, 6) is 1.14. The molecule has 0 unspecified atom stereocenters. The number of fused-ring (bicyclic) bond motifs is 1. The Morgan fingerprint density at radius 2 is 1.97 bits per heavy atom. The molecule has 2 aromatic carbocycles. The van der Waals surface area contributed by atoms with E-state index in [1.54, 1.807) is 37.3 Å². The second-order valence-electron chi connectivity index (χ2n) is 8.60. The first kappa shape index (κ1) is 22.4. The van der Waals surface area contributed by atoms with Crippen molar-refractivity contribution >= 4 is 16.8 Å². The molecule has 32 heavy (non-hydrogen) atoms. The van der Waals surface area contributed by atoms with Gasteiger partial charge >= 0.3 is 0 Å². The second-order valence-corrected chi connectivity index (χ2v) is 8.60. The highest BCUT2D eigenvalue weighted by atomic mass is 19.1. The number of ketones is 1. The van der Waals surface area contributed by atoms with E-state index in [1.807, 2.05) is 0 Å². The lowest BCUT2D eigenvalue weighted by atomic mass is 9.91. The summed E-state index contributed by atoms with van der Waals surface area (Å²) in [5, 5.41) is 5.14. The lowest BCUT2D eigenvalue weighted by Gasteiger charge is -2.32. The van der Waals surface area contributed by atoms with Crippen LogP contribution in [0.15, 0.2) is 47.0 Å². The van der Waals surface area contributed by atoms with Gasteiger partial charge in [0.1, 0.15) is 11.6 Å². The van der Waals surface area contributed by atoms with Gasteiger partial charge < -0.3 is 18.9 Å². The van der Waals surface area contributed by atoms with E-state index in [0.717, 1.165) is 43.6 Å². The summed E-state index contributed by atoms with van der Waals surface area (Å²) in [6.07, 6.45) is 2.01. The number of nitrogens with zero attached hydrogens (tertiary/aromatic N) is 2. The van der Waals surface area contributed by atoms with Gasteiger partial charge in [0.2, 0.25) is 0 Å². The van der Waals surface area contributed by atoms with Crippen molar-refractivity contribution < 1.29 is 23.2 Å². The first-order valence-electron chi connectivity index (χ1n) is 11.1. The molecule has 0 saturated carbocycles. The van der Waals surface area contributed by atoms with E-state index in [9.17, 15) is 9.18 Å². The Balaban J connectivity index is 1.17. The average Bonchev–Trinajstić information content (AvgIpc) is 3.20. The summed E-state index contributed by atoms with van der Waals surface area (Å²) in [5.41, 5.74) is 2.14. The molecule has 0 N–H and O–H groups in total. The highest BCUT2D eigenvalue weighted by Crippen LogP contribution is 2.33. The zero-order valence-corrected chi connectivity index (χ0v) is 18.6. The van der Waals surface area contributed by atoms with Crippen LogP contribution in [-0.2, 0) is 4.74 Å². The highest BCUT2D eigenvalue weighted by molar-refractivity contribution is 5.94. The van der Waals surface area contributed by atoms with Gasteiger partial charge in [-0.15, -0.1) is 0 Å². The van der Waals surface area contributed by atoms with Gasteiger partial charge in [-0.1, -0.05) is 12.1 Å². The van der Waals surface area contributed by atoms with E-state index in [2.05, 4.69) is 17.0 Å². The van der Waals surface area contributed by atoms with Crippen LogP contribution in [-0.4, -0.2) is 48.9 Å². The molecule has 1 aliphatic rings. The quantitative estimate of drug-likeness (QED) is 0.264. The van der Waals surface area contributed by atoms with Crippen LogP contribution in [0.4, 0.5) is 4.39 Å².